The largest absolute Gasteiger partial charge is 0.394 e. The van der Waals surface area contributed by atoms with Gasteiger partial charge in [-0.15, -0.1) is 0 Å². The Labute approximate surface area is 202 Å². The van der Waals surface area contributed by atoms with Gasteiger partial charge in [0, 0.05) is 0 Å². The summed E-state index contributed by atoms with van der Waals surface area (Å²) in [6.07, 6.45) is 18.3. The highest BCUT2D eigenvalue weighted by atomic mass is 16.3. The van der Waals surface area contributed by atoms with Gasteiger partial charge in [0.25, 0.3) is 0 Å². The highest BCUT2D eigenvalue weighted by molar-refractivity contribution is 5.80. The number of unbranched alkanes of at least 4 members (excludes halogenated alkanes) is 12. The fourth-order valence-electron chi connectivity index (χ4n) is 3.92. The van der Waals surface area contributed by atoms with Crippen LogP contribution >= 0.6 is 0 Å². The molecule has 4 atom stereocenters. The van der Waals surface area contributed by atoms with E-state index in [-0.39, 0.29) is 0 Å². The van der Waals surface area contributed by atoms with Gasteiger partial charge in [-0.2, -0.15) is 0 Å². The van der Waals surface area contributed by atoms with E-state index in [2.05, 4.69) is 31.3 Å². The van der Waals surface area contributed by atoms with Crippen molar-refractivity contribution < 1.29 is 25.2 Å². The van der Waals surface area contributed by atoms with Crippen molar-refractivity contribution in [2.45, 2.75) is 147 Å². The lowest BCUT2D eigenvalue weighted by Crippen LogP contribution is -2.53. The molecule has 0 spiro atoms. The molecule has 0 fully saturated rings. The topological polar surface area (TPSA) is 110 Å². The SMILES string of the molecule is CCCCC/C=C\CCCCCCC(O)C(=O)NC(CO)C(O)C(O)CCCCCCCC. The summed E-state index contributed by atoms with van der Waals surface area (Å²) in [6.45, 7) is 3.89. The first-order valence-electron chi connectivity index (χ1n) is 13.6. The Kier molecular flexibility index (Phi) is 22.2. The van der Waals surface area contributed by atoms with Crippen LogP contribution in [0.5, 0.6) is 0 Å². The van der Waals surface area contributed by atoms with Crippen LogP contribution in [0.4, 0.5) is 0 Å². The number of nitrogens with one attached hydrogen (secondary N) is 1. The number of allylic oxidation sites excluding steroid dienone is 2. The lowest BCUT2D eigenvalue weighted by molar-refractivity contribution is -0.132. The molecular formula is C27H53NO5. The van der Waals surface area contributed by atoms with Crippen molar-refractivity contribution in [1.82, 2.24) is 5.32 Å². The Morgan fingerprint density at radius 1 is 0.727 bits per heavy atom. The van der Waals surface area contributed by atoms with Crippen LogP contribution in [0.3, 0.4) is 0 Å². The van der Waals surface area contributed by atoms with E-state index in [4.69, 9.17) is 0 Å². The fraction of sp³-hybridized carbons (Fsp3) is 0.889. The molecule has 0 aromatic heterocycles. The van der Waals surface area contributed by atoms with Crippen molar-refractivity contribution in [3.05, 3.63) is 12.2 Å². The lowest BCUT2D eigenvalue weighted by atomic mass is 9.99. The second-order valence-corrected chi connectivity index (χ2v) is 9.39. The van der Waals surface area contributed by atoms with Gasteiger partial charge >= 0.3 is 0 Å². The lowest BCUT2D eigenvalue weighted by Gasteiger charge is -2.27. The summed E-state index contributed by atoms with van der Waals surface area (Å²) in [5.74, 6) is -0.602. The van der Waals surface area contributed by atoms with Gasteiger partial charge in [0.1, 0.15) is 12.2 Å². The number of hydrogen-bond acceptors (Lipinski definition) is 5. The number of amides is 1. The van der Waals surface area contributed by atoms with E-state index in [9.17, 15) is 25.2 Å². The molecule has 5 N–H and O–H groups in total. The number of rotatable bonds is 23. The molecule has 33 heavy (non-hydrogen) atoms. The van der Waals surface area contributed by atoms with Gasteiger partial charge < -0.3 is 25.7 Å². The van der Waals surface area contributed by atoms with Gasteiger partial charge in [0.15, 0.2) is 0 Å². The van der Waals surface area contributed by atoms with Crippen LogP contribution < -0.4 is 5.32 Å². The van der Waals surface area contributed by atoms with Crippen LogP contribution in [0.25, 0.3) is 0 Å². The van der Waals surface area contributed by atoms with E-state index in [1.165, 1.54) is 38.5 Å². The number of hydrogen-bond donors (Lipinski definition) is 5. The molecule has 196 valence electrons. The second-order valence-electron chi connectivity index (χ2n) is 9.39. The predicted molar refractivity (Wildman–Crippen MR) is 136 cm³/mol. The molecule has 1 amide bonds. The van der Waals surface area contributed by atoms with Gasteiger partial charge in [-0.3, -0.25) is 4.79 Å². The first-order valence-corrected chi connectivity index (χ1v) is 13.6. The Balaban J connectivity index is 3.99. The molecule has 0 aliphatic rings. The molecule has 0 saturated carbocycles. The van der Waals surface area contributed by atoms with Crippen molar-refractivity contribution in [3.63, 3.8) is 0 Å². The third-order valence-corrected chi connectivity index (χ3v) is 6.23. The summed E-state index contributed by atoms with van der Waals surface area (Å²) in [7, 11) is 0. The van der Waals surface area contributed by atoms with Gasteiger partial charge in [0.05, 0.1) is 18.8 Å². The summed E-state index contributed by atoms with van der Waals surface area (Å²) in [5, 5.41) is 42.7. The molecule has 0 aromatic rings. The first kappa shape index (κ1) is 32.0. The van der Waals surface area contributed by atoms with Gasteiger partial charge in [0.2, 0.25) is 5.91 Å². The molecule has 0 heterocycles. The smallest absolute Gasteiger partial charge is 0.249 e. The molecule has 0 radical (unpaired) electrons. The minimum absolute atomic E-state index is 0.354. The maximum atomic E-state index is 12.2. The fourth-order valence-corrected chi connectivity index (χ4v) is 3.92. The van der Waals surface area contributed by atoms with E-state index in [0.29, 0.717) is 12.8 Å². The minimum Gasteiger partial charge on any atom is -0.394 e. The zero-order chi connectivity index (χ0) is 24.7. The van der Waals surface area contributed by atoms with Crippen LogP contribution in [0, 0.1) is 0 Å². The quantitative estimate of drug-likeness (QED) is 0.109. The number of carbonyl (C=O) groups is 1. The molecule has 6 nitrogen and oxygen atoms in total. The highest BCUT2D eigenvalue weighted by Crippen LogP contribution is 2.13. The molecule has 0 aliphatic carbocycles. The molecule has 6 heteroatoms. The van der Waals surface area contributed by atoms with Crippen LogP contribution in [0.2, 0.25) is 0 Å². The maximum Gasteiger partial charge on any atom is 0.249 e. The number of aliphatic hydroxyl groups is 4. The van der Waals surface area contributed by atoms with E-state index >= 15 is 0 Å². The summed E-state index contributed by atoms with van der Waals surface area (Å²) < 4.78 is 0. The Morgan fingerprint density at radius 2 is 1.21 bits per heavy atom. The van der Waals surface area contributed by atoms with E-state index in [0.717, 1.165) is 57.8 Å². The molecule has 0 bridgehead atoms. The number of carbonyl (C=O) groups excluding carboxylic acids is 1. The van der Waals surface area contributed by atoms with Gasteiger partial charge in [-0.25, -0.2) is 0 Å². The van der Waals surface area contributed by atoms with Crippen LogP contribution in [0.15, 0.2) is 12.2 Å². The van der Waals surface area contributed by atoms with Crippen molar-refractivity contribution in [2.24, 2.45) is 0 Å². The van der Waals surface area contributed by atoms with Crippen molar-refractivity contribution in [3.8, 4) is 0 Å². The van der Waals surface area contributed by atoms with E-state index in [1.54, 1.807) is 0 Å². The molecular weight excluding hydrogens is 418 g/mol. The molecule has 0 aliphatic heterocycles. The average molecular weight is 472 g/mol. The first-order chi connectivity index (χ1) is 16.0. The zero-order valence-electron chi connectivity index (χ0n) is 21.4. The van der Waals surface area contributed by atoms with Crippen molar-refractivity contribution in [1.29, 1.82) is 0 Å². The van der Waals surface area contributed by atoms with Crippen LogP contribution in [0.1, 0.15) is 123 Å². The normalized spacial score (nSPS) is 15.5. The van der Waals surface area contributed by atoms with Crippen molar-refractivity contribution >= 4 is 5.91 Å². The summed E-state index contributed by atoms with van der Waals surface area (Å²) in [4.78, 5) is 12.2. The molecule has 0 saturated heterocycles. The number of aliphatic hydroxyl groups excluding tert-OH is 4. The Hall–Kier alpha value is -0.950. The van der Waals surface area contributed by atoms with Crippen molar-refractivity contribution in [2.75, 3.05) is 6.61 Å². The van der Waals surface area contributed by atoms with E-state index < -0.39 is 36.9 Å². The predicted octanol–water partition coefficient (Wildman–Crippen LogP) is 4.77. The minimum atomic E-state index is -1.25. The second kappa shape index (κ2) is 22.8. The monoisotopic (exact) mass is 471 g/mol. The van der Waals surface area contributed by atoms with Crippen LogP contribution in [-0.2, 0) is 4.79 Å². The molecule has 0 rings (SSSR count). The van der Waals surface area contributed by atoms with Gasteiger partial charge in [-0.1, -0.05) is 96.6 Å². The standard InChI is InChI=1S/C27H53NO5/c1-3-5-7-9-11-12-13-14-15-17-19-21-25(31)27(33)28-23(22-29)26(32)24(30)20-18-16-10-8-6-4-2/h11-12,23-26,29-32H,3-10,13-22H2,1-2H3,(H,28,33)/b12-11-. The summed E-state index contributed by atoms with van der Waals surface area (Å²) >= 11 is 0. The third-order valence-electron chi connectivity index (χ3n) is 6.23. The van der Waals surface area contributed by atoms with Gasteiger partial charge in [-0.05, 0) is 38.5 Å². The average Bonchev–Trinajstić information content (AvgIpc) is 2.82. The van der Waals surface area contributed by atoms with Crippen LogP contribution in [-0.4, -0.2) is 57.3 Å². The Morgan fingerprint density at radius 3 is 1.82 bits per heavy atom. The third kappa shape index (κ3) is 18.1. The summed E-state index contributed by atoms with van der Waals surface area (Å²) in [6, 6.07) is -0.980. The summed E-state index contributed by atoms with van der Waals surface area (Å²) in [5.41, 5.74) is 0. The highest BCUT2D eigenvalue weighted by Gasteiger charge is 2.28. The molecule has 0 aromatic carbocycles. The zero-order valence-corrected chi connectivity index (χ0v) is 21.4. The maximum absolute atomic E-state index is 12.2. The Bertz CT molecular complexity index is 471. The van der Waals surface area contributed by atoms with E-state index in [1.807, 2.05) is 0 Å². The molecule has 4 unspecified atom stereocenters.